The molecule has 0 aliphatic carbocycles. The fraction of sp³-hybridized carbons (Fsp3) is 0.462. The van der Waals surface area contributed by atoms with E-state index in [0.717, 1.165) is 12.1 Å². The summed E-state index contributed by atoms with van der Waals surface area (Å²) in [6.07, 6.45) is 0.464. The molecule has 0 heterocycles. The van der Waals surface area contributed by atoms with Gasteiger partial charge in [-0.3, -0.25) is 4.79 Å². The topological polar surface area (TPSA) is 55.6 Å². The molecule has 2 N–H and O–H groups in total. The van der Waals surface area contributed by atoms with Gasteiger partial charge in [0.05, 0.1) is 0 Å². The fourth-order valence-electron chi connectivity index (χ4n) is 1.56. The average molecular weight is 236 g/mol. The Balaban J connectivity index is 2.92. The molecule has 0 bridgehead atoms. The van der Waals surface area contributed by atoms with Crippen molar-refractivity contribution in [3.05, 3.63) is 24.3 Å². The monoisotopic (exact) mass is 236 g/mol. The first-order valence-corrected chi connectivity index (χ1v) is 5.79. The molecular weight excluding hydrogens is 216 g/mol. The van der Waals surface area contributed by atoms with Crippen molar-refractivity contribution in [3.8, 4) is 0 Å². The van der Waals surface area contributed by atoms with E-state index in [0.29, 0.717) is 12.2 Å². The molecule has 0 saturated heterocycles. The number of methoxy groups -OCH3 is 1. The SMILES string of the molecule is CCCN(C(=O)C(C)OC)c1ccc(N)cc1. The summed E-state index contributed by atoms with van der Waals surface area (Å²) in [5.41, 5.74) is 7.18. The second-order valence-electron chi connectivity index (χ2n) is 3.96. The molecule has 0 radical (unpaired) electrons. The van der Waals surface area contributed by atoms with Crippen molar-refractivity contribution < 1.29 is 9.53 Å². The molecule has 0 fully saturated rings. The third-order valence-electron chi connectivity index (χ3n) is 2.62. The number of benzene rings is 1. The van der Waals surface area contributed by atoms with Crippen molar-refractivity contribution in [2.24, 2.45) is 0 Å². The lowest BCUT2D eigenvalue weighted by atomic mass is 10.2. The van der Waals surface area contributed by atoms with Gasteiger partial charge in [-0.15, -0.1) is 0 Å². The minimum absolute atomic E-state index is 0.0286. The predicted molar refractivity (Wildman–Crippen MR) is 70.0 cm³/mol. The van der Waals surface area contributed by atoms with Crippen LogP contribution in [-0.4, -0.2) is 25.7 Å². The Kier molecular flexibility index (Phi) is 4.97. The number of hydrogen-bond acceptors (Lipinski definition) is 3. The lowest BCUT2D eigenvalue weighted by molar-refractivity contribution is -0.127. The standard InChI is InChI=1S/C13H20N2O2/c1-4-9-15(13(16)10(2)17-3)12-7-5-11(14)6-8-12/h5-8,10H,4,9,14H2,1-3H3. The van der Waals surface area contributed by atoms with Gasteiger partial charge < -0.3 is 15.4 Å². The maximum Gasteiger partial charge on any atom is 0.255 e. The van der Waals surface area contributed by atoms with Crippen LogP contribution in [0.15, 0.2) is 24.3 Å². The first kappa shape index (κ1) is 13.5. The highest BCUT2D eigenvalue weighted by atomic mass is 16.5. The van der Waals surface area contributed by atoms with Gasteiger partial charge in [-0.05, 0) is 37.6 Å². The molecule has 0 aliphatic heterocycles. The molecule has 0 saturated carbocycles. The third kappa shape index (κ3) is 3.46. The van der Waals surface area contributed by atoms with Gasteiger partial charge in [-0.25, -0.2) is 0 Å². The molecule has 1 amide bonds. The highest BCUT2D eigenvalue weighted by Crippen LogP contribution is 2.18. The highest BCUT2D eigenvalue weighted by Gasteiger charge is 2.20. The number of nitrogen functional groups attached to an aromatic ring is 1. The van der Waals surface area contributed by atoms with Gasteiger partial charge in [0.25, 0.3) is 5.91 Å². The van der Waals surface area contributed by atoms with E-state index < -0.39 is 6.10 Å². The fourth-order valence-corrected chi connectivity index (χ4v) is 1.56. The van der Waals surface area contributed by atoms with Crippen molar-refractivity contribution in [1.29, 1.82) is 0 Å². The molecule has 4 heteroatoms. The van der Waals surface area contributed by atoms with Crippen LogP contribution in [0.4, 0.5) is 11.4 Å². The minimum atomic E-state index is -0.431. The molecule has 1 rings (SSSR count). The van der Waals surface area contributed by atoms with Gasteiger partial charge in [-0.2, -0.15) is 0 Å². The molecular formula is C13H20N2O2. The van der Waals surface area contributed by atoms with Crippen molar-refractivity contribution in [3.63, 3.8) is 0 Å². The number of ether oxygens (including phenoxy) is 1. The van der Waals surface area contributed by atoms with Crippen LogP contribution in [0, 0.1) is 0 Å². The summed E-state index contributed by atoms with van der Waals surface area (Å²) in [7, 11) is 1.54. The third-order valence-corrected chi connectivity index (χ3v) is 2.62. The largest absolute Gasteiger partial charge is 0.399 e. The smallest absolute Gasteiger partial charge is 0.255 e. The van der Waals surface area contributed by atoms with E-state index in [1.165, 1.54) is 7.11 Å². The molecule has 1 unspecified atom stereocenters. The Hall–Kier alpha value is -1.55. The molecule has 4 nitrogen and oxygen atoms in total. The number of hydrogen-bond donors (Lipinski definition) is 1. The zero-order valence-corrected chi connectivity index (χ0v) is 10.6. The normalized spacial score (nSPS) is 12.2. The highest BCUT2D eigenvalue weighted by molar-refractivity contribution is 5.96. The Labute approximate surface area is 102 Å². The summed E-state index contributed by atoms with van der Waals surface area (Å²) in [6.45, 7) is 4.47. The van der Waals surface area contributed by atoms with E-state index in [1.807, 2.05) is 19.1 Å². The number of nitrogens with zero attached hydrogens (tertiary/aromatic N) is 1. The van der Waals surface area contributed by atoms with Gasteiger partial charge in [0.2, 0.25) is 0 Å². The Bertz CT molecular complexity index is 362. The van der Waals surface area contributed by atoms with Crippen LogP contribution in [0.2, 0.25) is 0 Å². The molecule has 17 heavy (non-hydrogen) atoms. The minimum Gasteiger partial charge on any atom is -0.399 e. The first-order chi connectivity index (χ1) is 8.10. The van der Waals surface area contributed by atoms with Gasteiger partial charge in [0, 0.05) is 25.0 Å². The summed E-state index contributed by atoms with van der Waals surface area (Å²) in [5.74, 6) is -0.0286. The molecule has 0 aliphatic rings. The summed E-state index contributed by atoms with van der Waals surface area (Å²) in [6, 6.07) is 7.29. The van der Waals surface area contributed by atoms with Crippen molar-refractivity contribution in [2.45, 2.75) is 26.4 Å². The molecule has 0 aromatic heterocycles. The van der Waals surface area contributed by atoms with Crippen molar-refractivity contribution >= 4 is 17.3 Å². The number of anilines is 2. The van der Waals surface area contributed by atoms with Crippen LogP contribution in [0.5, 0.6) is 0 Å². The molecule has 0 spiro atoms. The maximum atomic E-state index is 12.1. The zero-order valence-electron chi connectivity index (χ0n) is 10.6. The summed E-state index contributed by atoms with van der Waals surface area (Å²) < 4.78 is 5.07. The zero-order chi connectivity index (χ0) is 12.8. The molecule has 1 atom stereocenters. The quantitative estimate of drug-likeness (QED) is 0.796. The van der Waals surface area contributed by atoms with Gasteiger partial charge in [0.1, 0.15) is 6.10 Å². The first-order valence-electron chi connectivity index (χ1n) is 5.79. The Morgan fingerprint density at radius 3 is 2.47 bits per heavy atom. The van der Waals surface area contributed by atoms with Crippen molar-refractivity contribution in [2.75, 3.05) is 24.3 Å². The number of nitrogens with two attached hydrogens (primary N) is 1. The van der Waals surface area contributed by atoms with E-state index in [4.69, 9.17) is 10.5 Å². The van der Waals surface area contributed by atoms with E-state index >= 15 is 0 Å². The summed E-state index contributed by atoms with van der Waals surface area (Å²) in [5, 5.41) is 0. The summed E-state index contributed by atoms with van der Waals surface area (Å²) >= 11 is 0. The van der Waals surface area contributed by atoms with E-state index in [1.54, 1.807) is 24.0 Å². The van der Waals surface area contributed by atoms with E-state index in [2.05, 4.69) is 0 Å². The lowest BCUT2D eigenvalue weighted by Crippen LogP contribution is -2.39. The summed E-state index contributed by atoms with van der Waals surface area (Å²) in [4.78, 5) is 13.8. The Morgan fingerprint density at radius 1 is 1.41 bits per heavy atom. The maximum absolute atomic E-state index is 12.1. The van der Waals surface area contributed by atoms with Gasteiger partial charge >= 0.3 is 0 Å². The van der Waals surface area contributed by atoms with Gasteiger partial charge in [-0.1, -0.05) is 6.92 Å². The molecule has 1 aromatic carbocycles. The number of rotatable bonds is 5. The Morgan fingerprint density at radius 2 is 2.00 bits per heavy atom. The molecule has 94 valence electrons. The van der Waals surface area contributed by atoms with Crippen LogP contribution >= 0.6 is 0 Å². The van der Waals surface area contributed by atoms with Crippen LogP contribution in [-0.2, 0) is 9.53 Å². The second-order valence-corrected chi connectivity index (χ2v) is 3.96. The van der Waals surface area contributed by atoms with E-state index in [-0.39, 0.29) is 5.91 Å². The average Bonchev–Trinajstić information content (AvgIpc) is 2.35. The second kappa shape index (κ2) is 6.25. The van der Waals surface area contributed by atoms with Crippen LogP contribution < -0.4 is 10.6 Å². The van der Waals surface area contributed by atoms with Crippen molar-refractivity contribution in [1.82, 2.24) is 0 Å². The van der Waals surface area contributed by atoms with E-state index in [9.17, 15) is 4.79 Å². The van der Waals surface area contributed by atoms with Gasteiger partial charge in [0.15, 0.2) is 0 Å². The van der Waals surface area contributed by atoms with Crippen LogP contribution in [0.1, 0.15) is 20.3 Å². The van der Waals surface area contributed by atoms with Crippen LogP contribution in [0.25, 0.3) is 0 Å². The number of amides is 1. The lowest BCUT2D eigenvalue weighted by Gasteiger charge is -2.25. The number of carbonyl (C=O) groups excluding carboxylic acids is 1. The predicted octanol–water partition coefficient (Wildman–Crippen LogP) is 2.05. The molecule has 1 aromatic rings. The number of carbonyl (C=O) groups is 1. The van der Waals surface area contributed by atoms with Crippen LogP contribution in [0.3, 0.4) is 0 Å².